The molecule has 7 heteroatoms. The molecule has 0 amide bonds. The number of nitrogens with zero attached hydrogens (tertiary/aromatic N) is 4. The number of ether oxygens (including phenoxy) is 1. The Bertz CT molecular complexity index is 1170. The number of anilines is 2. The maximum Gasteiger partial charge on any atom is 0.188 e. The maximum atomic E-state index is 6.08. The van der Waals surface area contributed by atoms with E-state index < -0.39 is 0 Å². The quantitative estimate of drug-likeness (QED) is 0.510. The van der Waals surface area contributed by atoms with Gasteiger partial charge >= 0.3 is 0 Å². The molecule has 0 saturated carbocycles. The van der Waals surface area contributed by atoms with Crippen LogP contribution in [0.25, 0.3) is 10.9 Å². The Morgan fingerprint density at radius 3 is 2.97 bits per heavy atom. The highest BCUT2D eigenvalue weighted by molar-refractivity contribution is 7.15. The second-order valence-corrected chi connectivity index (χ2v) is 8.96. The number of aromatic nitrogens is 3. The number of hydrogen-bond acceptors (Lipinski definition) is 6. The standard InChI is InChI=1S/C23H25N5OS/c1-16-12-24-23(30-16)26-22-9-5-7-19(25-22)21-15-28(10-11-29-21)14-17-13-27(2)20-8-4-3-6-18(17)20/h3-9,12-13,21H,10-11,14-15H2,1-2H3,(H,24,25,26). The number of aryl methyl sites for hydroxylation is 2. The van der Waals surface area contributed by atoms with Crippen LogP contribution in [0.3, 0.4) is 0 Å². The van der Waals surface area contributed by atoms with Gasteiger partial charge in [-0.05, 0) is 30.7 Å². The topological polar surface area (TPSA) is 55.2 Å². The van der Waals surface area contributed by atoms with Crippen molar-refractivity contribution in [2.45, 2.75) is 19.6 Å². The Balaban J connectivity index is 1.31. The van der Waals surface area contributed by atoms with Crippen LogP contribution in [0.15, 0.2) is 54.9 Å². The van der Waals surface area contributed by atoms with Crippen molar-refractivity contribution in [1.29, 1.82) is 0 Å². The van der Waals surface area contributed by atoms with E-state index in [-0.39, 0.29) is 6.10 Å². The van der Waals surface area contributed by atoms with Crippen LogP contribution in [0.2, 0.25) is 0 Å². The molecule has 5 rings (SSSR count). The first kappa shape index (κ1) is 19.2. The number of hydrogen-bond donors (Lipinski definition) is 1. The fraction of sp³-hybridized carbons (Fsp3) is 0.304. The van der Waals surface area contributed by atoms with Gasteiger partial charge in [-0.3, -0.25) is 4.90 Å². The van der Waals surface area contributed by atoms with Crippen molar-refractivity contribution in [3.8, 4) is 0 Å². The molecule has 1 aliphatic heterocycles. The van der Waals surface area contributed by atoms with Crippen LogP contribution >= 0.6 is 11.3 Å². The summed E-state index contributed by atoms with van der Waals surface area (Å²) in [5, 5.41) is 5.49. The molecule has 6 nitrogen and oxygen atoms in total. The van der Waals surface area contributed by atoms with E-state index in [4.69, 9.17) is 9.72 Å². The largest absolute Gasteiger partial charge is 0.369 e. The van der Waals surface area contributed by atoms with Gasteiger partial charge in [0.05, 0.1) is 12.3 Å². The summed E-state index contributed by atoms with van der Waals surface area (Å²) in [4.78, 5) is 12.8. The lowest BCUT2D eigenvalue weighted by atomic mass is 10.1. The second-order valence-electron chi connectivity index (χ2n) is 7.73. The predicted molar refractivity (Wildman–Crippen MR) is 121 cm³/mol. The second kappa shape index (κ2) is 8.18. The lowest BCUT2D eigenvalue weighted by Crippen LogP contribution is -2.38. The van der Waals surface area contributed by atoms with Gasteiger partial charge in [0.2, 0.25) is 0 Å². The van der Waals surface area contributed by atoms with Crippen LogP contribution in [-0.4, -0.2) is 39.1 Å². The van der Waals surface area contributed by atoms with Gasteiger partial charge in [0.25, 0.3) is 0 Å². The summed E-state index contributed by atoms with van der Waals surface area (Å²) < 4.78 is 8.29. The monoisotopic (exact) mass is 419 g/mol. The Kier molecular flexibility index (Phi) is 5.25. The van der Waals surface area contributed by atoms with E-state index >= 15 is 0 Å². The van der Waals surface area contributed by atoms with Gasteiger partial charge in [0.15, 0.2) is 5.13 Å². The zero-order chi connectivity index (χ0) is 20.5. The molecule has 30 heavy (non-hydrogen) atoms. The van der Waals surface area contributed by atoms with Gasteiger partial charge in [-0.2, -0.15) is 0 Å². The third-order valence-corrected chi connectivity index (χ3v) is 6.31. The molecule has 154 valence electrons. The molecule has 1 unspecified atom stereocenters. The molecular weight excluding hydrogens is 394 g/mol. The maximum absolute atomic E-state index is 6.08. The number of para-hydroxylation sites is 1. The van der Waals surface area contributed by atoms with E-state index in [9.17, 15) is 0 Å². The zero-order valence-corrected chi connectivity index (χ0v) is 18.0. The van der Waals surface area contributed by atoms with Crippen molar-refractivity contribution in [3.05, 3.63) is 71.0 Å². The minimum atomic E-state index is -0.0338. The molecule has 0 radical (unpaired) electrons. The molecule has 1 atom stereocenters. The molecule has 4 heterocycles. The molecule has 4 aromatic rings. The Morgan fingerprint density at radius 2 is 2.10 bits per heavy atom. The highest BCUT2D eigenvalue weighted by Gasteiger charge is 2.24. The van der Waals surface area contributed by atoms with E-state index in [0.29, 0.717) is 6.61 Å². The number of thiazole rings is 1. The van der Waals surface area contributed by atoms with Crippen molar-refractivity contribution in [2.24, 2.45) is 7.05 Å². The Morgan fingerprint density at radius 1 is 1.20 bits per heavy atom. The Labute approximate surface area is 180 Å². The average Bonchev–Trinajstić information content (AvgIpc) is 3.31. The number of morpholine rings is 1. The number of benzene rings is 1. The van der Waals surface area contributed by atoms with Crippen LogP contribution in [0, 0.1) is 6.92 Å². The SMILES string of the molecule is Cc1cnc(Nc2cccc(C3CN(Cc4cn(C)c5ccccc45)CCO3)n2)s1. The lowest BCUT2D eigenvalue weighted by Gasteiger charge is -2.32. The van der Waals surface area contributed by atoms with Crippen LogP contribution in [0.1, 0.15) is 22.2 Å². The van der Waals surface area contributed by atoms with E-state index in [0.717, 1.165) is 36.3 Å². The smallest absolute Gasteiger partial charge is 0.188 e. The molecule has 3 aromatic heterocycles. The van der Waals surface area contributed by atoms with E-state index in [1.807, 2.05) is 31.3 Å². The van der Waals surface area contributed by atoms with Crippen LogP contribution in [0.4, 0.5) is 10.9 Å². The molecule has 1 saturated heterocycles. The number of fused-ring (bicyclic) bond motifs is 1. The average molecular weight is 420 g/mol. The summed E-state index contributed by atoms with van der Waals surface area (Å²) in [5.41, 5.74) is 3.59. The molecule has 1 aliphatic rings. The number of rotatable bonds is 5. The number of pyridine rings is 1. The van der Waals surface area contributed by atoms with E-state index in [1.165, 1.54) is 21.3 Å². The van der Waals surface area contributed by atoms with Crippen molar-refractivity contribution < 1.29 is 4.74 Å². The van der Waals surface area contributed by atoms with Gasteiger partial charge < -0.3 is 14.6 Å². The van der Waals surface area contributed by atoms with Gasteiger partial charge in [-0.25, -0.2) is 9.97 Å². The summed E-state index contributed by atoms with van der Waals surface area (Å²) in [6.07, 6.45) is 4.08. The van der Waals surface area contributed by atoms with Crippen molar-refractivity contribution in [3.63, 3.8) is 0 Å². The molecule has 0 bridgehead atoms. The Hall–Kier alpha value is -2.74. The van der Waals surface area contributed by atoms with Crippen molar-refractivity contribution in [2.75, 3.05) is 25.0 Å². The van der Waals surface area contributed by atoms with Crippen LogP contribution < -0.4 is 5.32 Å². The van der Waals surface area contributed by atoms with E-state index in [2.05, 4.69) is 57.3 Å². The van der Waals surface area contributed by atoms with E-state index in [1.54, 1.807) is 11.3 Å². The molecule has 0 aliphatic carbocycles. The number of nitrogens with one attached hydrogen (secondary N) is 1. The molecule has 0 spiro atoms. The fourth-order valence-electron chi connectivity index (χ4n) is 4.04. The van der Waals surface area contributed by atoms with Gasteiger partial charge in [-0.15, -0.1) is 11.3 Å². The molecule has 1 fully saturated rings. The van der Waals surface area contributed by atoms with Gasteiger partial charge in [0, 0.05) is 54.9 Å². The third-order valence-electron chi connectivity index (χ3n) is 5.48. The first-order valence-electron chi connectivity index (χ1n) is 10.2. The first-order valence-corrected chi connectivity index (χ1v) is 11.0. The highest BCUT2D eigenvalue weighted by atomic mass is 32.1. The summed E-state index contributed by atoms with van der Waals surface area (Å²) in [7, 11) is 2.11. The molecule has 1 aromatic carbocycles. The van der Waals surface area contributed by atoms with Gasteiger partial charge in [0.1, 0.15) is 11.9 Å². The zero-order valence-electron chi connectivity index (χ0n) is 17.2. The van der Waals surface area contributed by atoms with Crippen LogP contribution in [-0.2, 0) is 18.3 Å². The minimum Gasteiger partial charge on any atom is -0.369 e. The molecular formula is C23H25N5OS. The minimum absolute atomic E-state index is 0.0338. The van der Waals surface area contributed by atoms with Crippen LogP contribution in [0.5, 0.6) is 0 Å². The van der Waals surface area contributed by atoms with Crippen molar-refractivity contribution in [1.82, 2.24) is 19.4 Å². The summed E-state index contributed by atoms with van der Waals surface area (Å²) in [5.74, 6) is 0.802. The summed E-state index contributed by atoms with van der Waals surface area (Å²) in [6.45, 7) is 5.43. The molecule has 1 N–H and O–H groups in total. The normalized spacial score (nSPS) is 17.5. The summed E-state index contributed by atoms with van der Waals surface area (Å²) >= 11 is 1.62. The lowest BCUT2D eigenvalue weighted by molar-refractivity contribution is -0.0348. The van der Waals surface area contributed by atoms with Gasteiger partial charge in [-0.1, -0.05) is 24.3 Å². The first-order chi connectivity index (χ1) is 14.7. The fourth-order valence-corrected chi connectivity index (χ4v) is 4.71. The summed E-state index contributed by atoms with van der Waals surface area (Å²) in [6, 6.07) is 14.6. The third kappa shape index (κ3) is 3.96. The predicted octanol–water partition coefficient (Wildman–Crippen LogP) is 4.66. The van der Waals surface area contributed by atoms with Crippen molar-refractivity contribution >= 4 is 33.2 Å². The highest BCUT2D eigenvalue weighted by Crippen LogP contribution is 2.27.